The summed E-state index contributed by atoms with van der Waals surface area (Å²) < 4.78 is 5.18. The summed E-state index contributed by atoms with van der Waals surface area (Å²) in [6.07, 6.45) is 6.20. The van der Waals surface area contributed by atoms with Gasteiger partial charge in [-0.3, -0.25) is 0 Å². The van der Waals surface area contributed by atoms with Crippen LogP contribution in [0.15, 0.2) is 35.2 Å². The van der Waals surface area contributed by atoms with E-state index in [0.29, 0.717) is 0 Å². The van der Waals surface area contributed by atoms with E-state index >= 15 is 0 Å². The Labute approximate surface area is 82.4 Å². The molecule has 0 unspecified atom stereocenters. The Kier molecular flexibility index (Phi) is 2.98. The van der Waals surface area contributed by atoms with E-state index in [1.165, 1.54) is 0 Å². The molecule has 0 bridgehead atoms. The van der Waals surface area contributed by atoms with Crippen molar-refractivity contribution in [2.24, 2.45) is 0 Å². The Morgan fingerprint density at radius 3 is 3.21 bits per heavy atom. The predicted octanol–water partition coefficient (Wildman–Crippen LogP) is 1.33. The van der Waals surface area contributed by atoms with Crippen LogP contribution in [-0.4, -0.2) is 16.5 Å². The van der Waals surface area contributed by atoms with E-state index in [4.69, 9.17) is 4.42 Å². The van der Waals surface area contributed by atoms with Gasteiger partial charge in [-0.25, -0.2) is 4.98 Å². The van der Waals surface area contributed by atoms with Crippen LogP contribution in [0.5, 0.6) is 0 Å². The van der Waals surface area contributed by atoms with Crippen molar-refractivity contribution in [3.8, 4) is 0 Å². The molecule has 2 aromatic heterocycles. The Bertz CT molecular complexity index is 303. The summed E-state index contributed by atoms with van der Waals surface area (Å²) in [6.45, 7) is 1.67. The Morgan fingerprint density at radius 2 is 2.50 bits per heavy atom. The second-order valence-electron chi connectivity index (χ2n) is 3.04. The number of aromatic amines is 1. The molecule has 2 N–H and O–H groups in total. The fourth-order valence-corrected chi connectivity index (χ4v) is 1.27. The van der Waals surface area contributed by atoms with Gasteiger partial charge < -0.3 is 14.7 Å². The van der Waals surface area contributed by atoms with Crippen LogP contribution >= 0.6 is 0 Å². The van der Waals surface area contributed by atoms with E-state index < -0.39 is 0 Å². The zero-order chi connectivity index (χ0) is 9.64. The molecule has 0 saturated heterocycles. The number of hydrogen-bond donors (Lipinski definition) is 2. The minimum absolute atomic E-state index is 0.772. The highest BCUT2D eigenvalue weighted by Gasteiger charge is 1.96. The van der Waals surface area contributed by atoms with Gasteiger partial charge in [0.1, 0.15) is 11.6 Å². The van der Waals surface area contributed by atoms with Gasteiger partial charge >= 0.3 is 0 Å². The van der Waals surface area contributed by atoms with Crippen molar-refractivity contribution >= 4 is 0 Å². The lowest BCUT2D eigenvalue weighted by molar-refractivity contribution is 0.483. The molecule has 0 atom stereocenters. The van der Waals surface area contributed by atoms with Crippen LogP contribution in [-0.2, 0) is 13.0 Å². The first-order chi connectivity index (χ1) is 6.95. The minimum atomic E-state index is 0.772. The summed E-state index contributed by atoms with van der Waals surface area (Å²) in [5.74, 6) is 1.97. The number of aromatic nitrogens is 2. The summed E-state index contributed by atoms with van der Waals surface area (Å²) in [5, 5.41) is 3.27. The summed E-state index contributed by atoms with van der Waals surface area (Å²) in [5.41, 5.74) is 0. The molecule has 0 radical (unpaired) electrons. The summed E-state index contributed by atoms with van der Waals surface area (Å²) in [7, 11) is 0. The quantitative estimate of drug-likeness (QED) is 0.701. The van der Waals surface area contributed by atoms with E-state index in [1.54, 1.807) is 12.5 Å². The molecule has 0 fully saturated rings. The molecule has 14 heavy (non-hydrogen) atoms. The highest BCUT2D eigenvalue weighted by Crippen LogP contribution is 1.98. The lowest BCUT2D eigenvalue weighted by Crippen LogP contribution is -2.16. The molecule has 0 aromatic carbocycles. The summed E-state index contributed by atoms with van der Waals surface area (Å²) in [4.78, 5) is 7.19. The van der Waals surface area contributed by atoms with Gasteiger partial charge in [-0.1, -0.05) is 0 Å². The van der Waals surface area contributed by atoms with Crippen molar-refractivity contribution in [3.63, 3.8) is 0 Å². The number of nitrogens with zero attached hydrogens (tertiary/aromatic N) is 1. The number of rotatable bonds is 5. The molecule has 0 aliphatic heterocycles. The number of nitrogens with one attached hydrogen (secondary N) is 2. The topological polar surface area (TPSA) is 53.9 Å². The molecule has 0 amide bonds. The second-order valence-corrected chi connectivity index (χ2v) is 3.04. The summed E-state index contributed by atoms with van der Waals surface area (Å²) >= 11 is 0. The Morgan fingerprint density at radius 1 is 1.50 bits per heavy atom. The van der Waals surface area contributed by atoms with E-state index in [2.05, 4.69) is 15.3 Å². The fourth-order valence-electron chi connectivity index (χ4n) is 1.27. The molecule has 74 valence electrons. The fraction of sp³-hybridized carbons (Fsp3) is 0.300. The number of H-pyrrole nitrogens is 1. The average Bonchev–Trinajstić information content (AvgIpc) is 2.86. The molecule has 0 aliphatic carbocycles. The second kappa shape index (κ2) is 4.62. The molecule has 4 nitrogen and oxygen atoms in total. The van der Waals surface area contributed by atoms with Gasteiger partial charge in [0.25, 0.3) is 0 Å². The summed E-state index contributed by atoms with van der Waals surface area (Å²) in [6, 6.07) is 3.85. The SMILES string of the molecule is c1coc(CNCCc2ncc[nH]2)c1. The van der Waals surface area contributed by atoms with Crippen LogP contribution < -0.4 is 5.32 Å². The normalized spacial score (nSPS) is 10.6. The standard InChI is InChI=1S/C10H13N3O/c1-2-9(14-7-1)8-11-4-3-10-12-5-6-13-10/h1-2,5-7,11H,3-4,8H2,(H,12,13). The third-order valence-electron chi connectivity index (χ3n) is 1.97. The minimum Gasteiger partial charge on any atom is -0.468 e. The Balaban J connectivity index is 1.65. The van der Waals surface area contributed by atoms with Crippen molar-refractivity contribution in [1.82, 2.24) is 15.3 Å². The molecule has 0 saturated carbocycles. The van der Waals surface area contributed by atoms with Crippen LogP contribution in [0.1, 0.15) is 11.6 Å². The van der Waals surface area contributed by atoms with E-state index in [1.807, 2.05) is 18.3 Å². The molecular formula is C10H13N3O. The van der Waals surface area contributed by atoms with Crippen LogP contribution in [0.3, 0.4) is 0 Å². The predicted molar refractivity (Wildman–Crippen MR) is 52.7 cm³/mol. The number of imidazole rings is 1. The lowest BCUT2D eigenvalue weighted by atomic mass is 10.4. The molecule has 2 rings (SSSR count). The van der Waals surface area contributed by atoms with Gasteiger partial charge in [0.15, 0.2) is 0 Å². The molecule has 0 aliphatic rings. The third-order valence-corrected chi connectivity index (χ3v) is 1.97. The van der Waals surface area contributed by atoms with Gasteiger partial charge in [-0.05, 0) is 12.1 Å². The van der Waals surface area contributed by atoms with E-state index in [-0.39, 0.29) is 0 Å². The van der Waals surface area contributed by atoms with E-state index in [9.17, 15) is 0 Å². The molecule has 0 spiro atoms. The highest BCUT2D eigenvalue weighted by molar-refractivity contribution is 4.97. The van der Waals surface area contributed by atoms with Crippen molar-refractivity contribution in [2.75, 3.05) is 6.54 Å². The first-order valence-corrected chi connectivity index (χ1v) is 4.66. The third kappa shape index (κ3) is 2.47. The lowest BCUT2D eigenvalue weighted by Gasteiger charge is -2.00. The van der Waals surface area contributed by atoms with Crippen molar-refractivity contribution in [3.05, 3.63) is 42.4 Å². The Hall–Kier alpha value is -1.55. The molecular weight excluding hydrogens is 178 g/mol. The largest absolute Gasteiger partial charge is 0.468 e. The molecule has 2 aromatic rings. The average molecular weight is 191 g/mol. The zero-order valence-corrected chi connectivity index (χ0v) is 7.86. The van der Waals surface area contributed by atoms with Crippen molar-refractivity contribution in [2.45, 2.75) is 13.0 Å². The van der Waals surface area contributed by atoms with E-state index in [0.717, 1.165) is 31.1 Å². The van der Waals surface area contributed by atoms with Gasteiger partial charge in [-0.15, -0.1) is 0 Å². The van der Waals surface area contributed by atoms with Crippen LogP contribution in [0, 0.1) is 0 Å². The maximum absolute atomic E-state index is 5.18. The van der Waals surface area contributed by atoms with Crippen LogP contribution in [0.2, 0.25) is 0 Å². The highest BCUT2D eigenvalue weighted by atomic mass is 16.3. The van der Waals surface area contributed by atoms with Crippen LogP contribution in [0.4, 0.5) is 0 Å². The van der Waals surface area contributed by atoms with Crippen molar-refractivity contribution < 1.29 is 4.42 Å². The number of hydrogen-bond acceptors (Lipinski definition) is 3. The van der Waals surface area contributed by atoms with Crippen molar-refractivity contribution in [1.29, 1.82) is 0 Å². The maximum atomic E-state index is 5.18. The number of furan rings is 1. The molecule has 4 heteroatoms. The van der Waals surface area contributed by atoms with Gasteiger partial charge in [0, 0.05) is 25.4 Å². The monoisotopic (exact) mass is 191 g/mol. The smallest absolute Gasteiger partial charge is 0.117 e. The van der Waals surface area contributed by atoms with Gasteiger partial charge in [0.2, 0.25) is 0 Å². The van der Waals surface area contributed by atoms with Gasteiger partial charge in [0.05, 0.1) is 12.8 Å². The zero-order valence-electron chi connectivity index (χ0n) is 7.86. The van der Waals surface area contributed by atoms with Gasteiger partial charge in [-0.2, -0.15) is 0 Å². The molecule has 2 heterocycles. The maximum Gasteiger partial charge on any atom is 0.117 e. The first kappa shape index (κ1) is 9.02. The van der Waals surface area contributed by atoms with Crippen LogP contribution in [0.25, 0.3) is 0 Å². The first-order valence-electron chi connectivity index (χ1n) is 4.66.